The Morgan fingerprint density at radius 1 is 1.58 bits per heavy atom. The van der Waals surface area contributed by atoms with Crippen LogP contribution in [-0.2, 0) is 14.3 Å². The first-order valence-corrected chi connectivity index (χ1v) is 2.71. The molecule has 5 nitrogen and oxygen atoms in total. The molecule has 0 rings (SSSR count). The van der Waals surface area contributed by atoms with Gasteiger partial charge >= 0.3 is 36.6 Å². The van der Waals surface area contributed by atoms with E-state index in [9.17, 15) is 9.59 Å². The second-order valence-corrected chi connectivity index (χ2v) is 1.91. The van der Waals surface area contributed by atoms with E-state index in [0.29, 0.717) is 0 Å². The van der Waals surface area contributed by atoms with Gasteiger partial charge in [-0.3, -0.25) is 0 Å². The van der Waals surface area contributed by atoms with Crippen LogP contribution in [0, 0.1) is 0 Å². The van der Waals surface area contributed by atoms with Gasteiger partial charge < -0.3 is 14.9 Å². The topological polar surface area (TPSA) is 83.8 Å². The van der Waals surface area contributed by atoms with E-state index < -0.39 is 17.7 Å². The van der Waals surface area contributed by atoms with Gasteiger partial charge in [-0.1, -0.05) is 6.58 Å². The molecule has 0 aromatic rings. The molecule has 0 fully saturated rings. The molecule has 0 aliphatic carbocycles. The zero-order valence-electron chi connectivity index (χ0n) is 5.90. The Morgan fingerprint density at radius 3 is 2.25 bits per heavy atom. The van der Waals surface area contributed by atoms with Crippen LogP contribution < -0.4 is 0 Å². The number of carbonyl (C=O) groups is 2. The summed E-state index contributed by atoms with van der Waals surface area (Å²) < 4.78 is 4.05. The Bertz CT molecular complexity index is 198. The molecular weight excluding hydrogens is 159 g/mol. The first-order chi connectivity index (χ1) is 4.90. The zero-order valence-corrected chi connectivity index (χ0v) is 5.90. The van der Waals surface area contributed by atoms with Crippen molar-refractivity contribution in [1.29, 1.82) is 0 Å². The van der Waals surface area contributed by atoms with Gasteiger partial charge in [-0.15, -0.1) is 0 Å². The molecule has 2 N–H and O–H groups in total. The van der Waals surface area contributed by atoms with Gasteiger partial charge in [-0.25, -0.2) is 9.59 Å². The van der Waals surface area contributed by atoms with Crippen LogP contribution in [0.25, 0.3) is 0 Å². The molecule has 0 aliphatic heterocycles. The summed E-state index contributed by atoms with van der Waals surface area (Å²) in [6.07, 6.45) is 0.761. The van der Waals surface area contributed by atoms with Crippen LogP contribution in [0.15, 0.2) is 12.7 Å². The molecule has 1 atom stereocenters. The van der Waals surface area contributed by atoms with Crippen molar-refractivity contribution in [3.8, 4) is 0 Å². The summed E-state index contributed by atoms with van der Waals surface area (Å²) in [5.41, 5.74) is 0. The SMILES string of the molecule is C=CC(=O)OC(C)(O)C(=O)O.[LiH]. The van der Waals surface area contributed by atoms with E-state index >= 15 is 0 Å². The fourth-order valence-corrected chi connectivity index (χ4v) is 0.281. The molecule has 6 heteroatoms. The Kier molecular flexibility index (Phi) is 5.73. The van der Waals surface area contributed by atoms with Crippen molar-refractivity contribution in [3.63, 3.8) is 0 Å². The second kappa shape index (κ2) is 4.99. The van der Waals surface area contributed by atoms with Gasteiger partial charge in [0.2, 0.25) is 0 Å². The summed E-state index contributed by atoms with van der Waals surface area (Å²) in [5, 5.41) is 17.0. The molecule has 1 unspecified atom stereocenters. The van der Waals surface area contributed by atoms with Crippen LogP contribution >= 0.6 is 0 Å². The van der Waals surface area contributed by atoms with Crippen LogP contribution in [0.3, 0.4) is 0 Å². The third kappa shape index (κ3) is 4.19. The van der Waals surface area contributed by atoms with Gasteiger partial charge in [-0.05, 0) is 0 Å². The number of carboxylic acid groups (broad SMARTS) is 1. The summed E-state index contributed by atoms with van der Waals surface area (Å²) in [7, 11) is 0. The van der Waals surface area contributed by atoms with Crippen molar-refractivity contribution in [2.24, 2.45) is 0 Å². The van der Waals surface area contributed by atoms with Crippen molar-refractivity contribution < 1.29 is 24.5 Å². The fraction of sp³-hybridized carbons (Fsp3) is 0.333. The number of hydrogen-bond acceptors (Lipinski definition) is 4. The van der Waals surface area contributed by atoms with E-state index in [1.807, 2.05) is 0 Å². The van der Waals surface area contributed by atoms with Gasteiger partial charge in [0.1, 0.15) is 0 Å². The van der Waals surface area contributed by atoms with Crippen molar-refractivity contribution in [1.82, 2.24) is 0 Å². The first-order valence-electron chi connectivity index (χ1n) is 2.71. The number of rotatable bonds is 3. The van der Waals surface area contributed by atoms with E-state index in [1.165, 1.54) is 0 Å². The molecule has 0 spiro atoms. The van der Waals surface area contributed by atoms with E-state index in [0.717, 1.165) is 13.0 Å². The standard InChI is InChI=1S/C6H8O5.Li.H/c1-3-4(7)11-6(2,10)5(8)9;;/h3,10H,1H2,2H3,(H,8,9);;. The van der Waals surface area contributed by atoms with Crippen LogP contribution in [0.4, 0.5) is 0 Å². The predicted molar refractivity (Wildman–Crippen MR) is 41.7 cm³/mol. The first kappa shape index (κ1) is 13.8. The summed E-state index contributed by atoms with van der Waals surface area (Å²) in [6, 6.07) is 0. The van der Waals surface area contributed by atoms with Gasteiger partial charge in [-0.2, -0.15) is 0 Å². The molecule has 0 aromatic heterocycles. The van der Waals surface area contributed by atoms with Crippen LogP contribution in [0.5, 0.6) is 0 Å². The normalized spacial score (nSPS) is 13.5. The van der Waals surface area contributed by atoms with Gasteiger partial charge in [0.15, 0.2) is 0 Å². The number of aliphatic carboxylic acids is 1. The Balaban J connectivity index is 0. The Morgan fingerprint density at radius 2 is 2.00 bits per heavy atom. The predicted octanol–water partition coefficient (Wildman–Crippen LogP) is -1.14. The van der Waals surface area contributed by atoms with Crippen LogP contribution in [-0.4, -0.2) is 46.8 Å². The number of ether oxygens (including phenoxy) is 1. The molecule has 0 aliphatic rings. The van der Waals surface area contributed by atoms with Crippen LogP contribution in [0.1, 0.15) is 6.92 Å². The maximum atomic E-state index is 10.4. The summed E-state index contributed by atoms with van der Waals surface area (Å²) in [4.78, 5) is 20.5. The molecule has 12 heavy (non-hydrogen) atoms. The van der Waals surface area contributed by atoms with E-state index in [4.69, 9.17) is 10.2 Å². The molecule has 0 amide bonds. The molecule has 64 valence electrons. The minimum absolute atomic E-state index is 0. The maximum absolute atomic E-state index is 10.4. The van der Waals surface area contributed by atoms with Crippen molar-refractivity contribution in [3.05, 3.63) is 12.7 Å². The number of esters is 1. The third-order valence-corrected chi connectivity index (χ3v) is 0.863. The van der Waals surface area contributed by atoms with E-state index in [2.05, 4.69) is 11.3 Å². The number of aliphatic hydroxyl groups is 1. The summed E-state index contributed by atoms with van der Waals surface area (Å²) >= 11 is 0. The Hall–Kier alpha value is -0.763. The van der Waals surface area contributed by atoms with Gasteiger partial charge in [0.05, 0.1) is 0 Å². The van der Waals surface area contributed by atoms with Crippen molar-refractivity contribution >= 4 is 30.8 Å². The number of carboxylic acids is 1. The minimum atomic E-state index is -2.48. The summed E-state index contributed by atoms with van der Waals surface area (Å²) in [6.45, 7) is 3.87. The number of hydrogen-bond donors (Lipinski definition) is 2. The van der Waals surface area contributed by atoms with Crippen molar-refractivity contribution in [2.75, 3.05) is 0 Å². The summed E-state index contributed by atoms with van der Waals surface area (Å²) in [5.74, 6) is -5.10. The molecule has 0 heterocycles. The van der Waals surface area contributed by atoms with Crippen LogP contribution in [0.2, 0.25) is 0 Å². The molecule has 0 aromatic carbocycles. The molecular formula is C6H9LiO5. The molecule has 0 saturated carbocycles. The van der Waals surface area contributed by atoms with E-state index in [-0.39, 0.29) is 18.9 Å². The van der Waals surface area contributed by atoms with E-state index in [1.54, 1.807) is 0 Å². The fourth-order valence-electron chi connectivity index (χ4n) is 0.281. The average Bonchev–Trinajstić information content (AvgIpc) is 1.86. The Labute approximate surface area is 81.2 Å². The quantitative estimate of drug-likeness (QED) is 0.241. The van der Waals surface area contributed by atoms with Gasteiger partial charge in [0, 0.05) is 13.0 Å². The zero-order chi connectivity index (χ0) is 9.07. The van der Waals surface area contributed by atoms with Gasteiger partial charge in [0.25, 0.3) is 0 Å². The molecule has 0 saturated heterocycles. The molecule has 0 radical (unpaired) electrons. The third-order valence-electron chi connectivity index (χ3n) is 0.863. The number of carbonyl (C=O) groups excluding carboxylic acids is 1. The monoisotopic (exact) mass is 168 g/mol. The van der Waals surface area contributed by atoms with Crippen molar-refractivity contribution in [2.45, 2.75) is 12.7 Å². The average molecular weight is 168 g/mol. The molecule has 0 bridgehead atoms. The second-order valence-electron chi connectivity index (χ2n) is 1.91.